The summed E-state index contributed by atoms with van der Waals surface area (Å²) < 4.78 is 5.56. The van der Waals surface area contributed by atoms with Crippen molar-refractivity contribution < 1.29 is 4.74 Å². The summed E-state index contributed by atoms with van der Waals surface area (Å²) in [5, 5.41) is 14.1. The van der Waals surface area contributed by atoms with Gasteiger partial charge in [0.15, 0.2) is 0 Å². The summed E-state index contributed by atoms with van der Waals surface area (Å²) in [7, 11) is 0. The van der Waals surface area contributed by atoms with E-state index in [9.17, 15) is 0 Å². The van der Waals surface area contributed by atoms with Crippen LogP contribution < -0.4 is 5.32 Å². The number of aromatic nitrogens is 2. The van der Waals surface area contributed by atoms with Crippen molar-refractivity contribution in [3.05, 3.63) is 10.0 Å². The van der Waals surface area contributed by atoms with Crippen LogP contribution in [0.1, 0.15) is 43.1 Å². The van der Waals surface area contributed by atoms with Crippen LogP contribution in [0.5, 0.6) is 0 Å². The van der Waals surface area contributed by atoms with E-state index in [0.717, 1.165) is 36.1 Å². The van der Waals surface area contributed by atoms with Gasteiger partial charge in [0.25, 0.3) is 0 Å². The van der Waals surface area contributed by atoms with Crippen LogP contribution in [-0.4, -0.2) is 29.5 Å². The zero-order chi connectivity index (χ0) is 12.3. The zero-order valence-electron chi connectivity index (χ0n) is 10.8. The van der Waals surface area contributed by atoms with Crippen molar-refractivity contribution in [1.82, 2.24) is 15.5 Å². The number of ether oxygens (including phenoxy) is 1. The average Bonchev–Trinajstić information content (AvgIpc) is 2.86. The Morgan fingerprint density at radius 2 is 2.29 bits per heavy atom. The highest BCUT2D eigenvalue weighted by Gasteiger charge is 2.26. The van der Waals surface area contributed by atoms with Gasteiger partial charge in [-0.3, -0.25) is 0 Å². The van der Waals surface area contributed by atoms with Gasteiger partial charge in [0.1, 0.15) is 10.0 Å². The molecule has 2 heterocycles. The molecule has 1 aromatic heterocycles. The van der Waals surface area contributed by atoms with Gasteiger partial charge in [-0.25, -0.2) is 0 Å². The second-order valence-corrected chi connectivity index (χ2v) is 6.23. The molecule has 17 heavy (non-hydrogen) atoms. The molecule has 0 aromatic carbocycles. The lowest BCUT2D eigenvalue weighted by Gasteiger charge is -2.04. The van der Waals surface area contributed by atoms with Gasteiger partial charge in [0, 0.05) is 12.5 Å². The van der Waals surface area contributed by atoms with Crippen LogP contribution in [0.2, 0.25) is 0 Å². The van der Waals surface area contributed by atoms with E-state index < -0.39 is 0 Å². The molecule has 4 nitrogen and oxygen atoms in total. The highest BCUT2D eigenvalue weighted by molar-refractivity contribution is 7.11. The summed E-state index contributed by atoms with van der Waals surface area (Å²) in [6, 6.07) is 0. The Balaban J connectivity index is 1.83. The van der Waals surface area contributed by atoms with Gasteiger partial charge in [-0.2, -0.15) is 0 Å². The second kappa shape index (κ2) is 5.89. The molecule has 0 saturated carbocycles. The summed E-state index contributed by atoms with van der Waals surface area (Å²) >= 11 is 1.72. The summed E-state index contributed by atoms with van der Waals surface area (Å²) in [5.41, 5.74) is 0. The van der Waals surface area contributed by atoms with Gasteiger partial charge in [-0.05, 0) is 25.8 Å². The van der Waals surface area contributed by atoms with Crippen molar-refractivity contribution in [2.24, 2.45) is 5.92 Å². The SMILES string of the molecule is CC(C)CNCc1nnc(C2COC(C)C2)s1. The summed E-state index contributed by atoms with van der Waals surface area (Å²) in [5.74, 6) is 1.13. The summed E-state index contributed by atoms with van der Waals surface area (Å²) in [6.07, 6.45) is 1.44. The molecule has 2 atom stereocenters. The summed E-state index contributed by atoms with van der Waals surface area (Å²) in [6.45, 7) is 9.18. The molecule has 0 amide bonds. The van der Waals surface area contributed by atoms with Crippen LogP contribution in [-0.2, 0) is 11.3 Å². The van der Waals surface area contributed by atoms with E-state index >= 15 is 0 Å². The molecule has 0 spiro atoms. The van der Waals surface area contributed by atoms with E-state index in [0.29, 0.717) is 17.9 Å². The van der Waals surface area contributed by atoms with Crippen LogP contribution in [0, 0.1) is 5.92 Å². The highest BCUT2D eigenvalue weighted by Crippen LogP contribution is 2.30. The Morgan fingerprint density at radius 1 is 1.47 bits per heavy atom. The standard InChI is InChI=1S/C12H21N3OS/c1-8(2)5-13-6-11-14-15-12(17-11)10-4-9(3)16-7-10/h8-10,13H,4-7H2,1-3H3. The molecule has 1 N–H and O–H groups in total. The van der Waals surface area contributed by atoms with Gasteiger partial charge in [-0.15, -0.1) is 10.2 Å². The fourth-order valence-corrected chi connectivity index (χ4v) is 2.87. The number of hydrogen-bond donors (Lipinski definition) is 1. The number of nitrogens with one attached hydrogen (secondary N) is 1. The van der Waals surface area contributed by atoms with E-state index in [4.69, 9.17) is 4.74 Å². The molecular weight excluding hydrogens is 234 g/mol. The second-order valence-electron chi connectivity index (χ2n) is 5.14. The lowest BCUT2D eigenvalue weighted by atomic mass is 10.1. The molecule has 2 rings (SSSR count). The molecular formula is C12H21N3OS. The molecule has 2 unspecified atom stereocenters. The normalized spacial score (nSPS) is 24.7. The fourth-order valence-electron chi connectivity index (χ4n) is 1.96. The maximum atomic E-state index is 5.56. The van der Waals surface area contributed by atoms with Gasteiger partial charge in [0.05, 0.1) is 12.7 Å². The van der Waals surface area contributed by atoms with Crippen LogP contribution >= 0.6 is 11.3 Å². The Kier molecular flexibility index (Phi) is 4.48. The predicted molar refractivity (Wildman–Crippen MR) is 69.2 cm³/mol. The van der Waals surface area contributed by atoms with Crippen LogP contribution in [0.3, 0.4) is 0 Å². The minimum atomic E-state index is 0.367. The molecule has 0 bridgehead atoms. The van der Waals surface area contributed by atoms with Gasteiger partial charge in [-0.1, -0.05) is 25.2 Å². The average molecular weight is 255 g/mol. The van der Waals surface area contributed by atoms with E-state index in [2.05, 4.69) is 36.3 Å². The summed E-state index contributed by atoms with van der Waals surface area (Å²) in [4.78, 5) is 0. The largest absolute Gasteiger partial charge is 0.378 e. The first kappa shape index (κ1) is 12.9. The molecule has 1 aromatic rings. The smallest absolute Gasteiger partial charge is 0.131 e. The predicted octanol–water partition coefficient (Wildman–Crippen LogP) is 2.18. The minimum Gasteiger partial charge on any atom is -0.378 e. The molecule has 5 heteroatoms. The van der Waals surface area contributed by atoms with Crippen LogP contribution in [0.25, 0.3) is 0 Å². The van der Waals surface area contributed by atoms with Gasteiger partial charge >= 0.3 is 0 Å². The molecule has 1 fully saturated rings. The monoisotopic (exact) mass is 255 g/mol. The van der Waals surface area contributed by atoms with Crippen molar-refractivity contribution >= 4 is 11.3 Å². The van der Waals surface area contributed by atoms with Crippen LogP contribution in [0.4, 0.5) is 0 Å². The van der Waals surface area contributed by atoms with Crippen molar-refractivity contribution in [3.63, 3.8) is 0 Å². The highest BCUT2D eigenvalue weighted by atomic mass is 32.1. The molecule has 0 radical (unpaired) electrons. The zero-order valence-corrected chi connectivity index (χ0v) is 11.6. The van der Waals surface area contributed by atoms with E-state index in [1.54, 1.807) is 11.3 Å². The van der Waals surface area contributed by atoms with E-state index in [1.807, 2.05) is 0 Å². The lowest BCUT2D eigenvalue weighted by Crippen LogP contribution is -2.18. The Hall–Kier alpha value is -0.520. The number of hydrogen-bond acceptors (Lipinski definition) is 5. The van der Waals surface area contributed by atoms with E-state index in [-0.39, 0.29) is 0 Å². The van der Waals surface area contributed by atoms with E-state index in [1.165, 1.54) is 0 Å². The third kappa shape index (κ3) is 3.72. The first-order valence-corrected chi connectivity index (χ1v) is 7.11. The molecule has 96 valence electrons. The number of rotatable bonds is 5. The first-order chi connectivity index (χ1) is 8.15. The van der Waals surface area contributed by atoms with Crippen LogP contribution in [0.15, 0.2) is 0 Å². The van der Waals surface area contributed by atoms with Crippen molar-refractivity contribution in [1.29, 1.82) is 0 Å². The Bertz CT molecular complexity index is 353. The minimum absolute atomic E-state index is 0.367. The third-order valence-corrected chi connectivity index (χ3v) is 3.94. The molecule has 1 aliphatic rings. The van der Waals surface area contributed by atoms with Gasteiger partial charge in [0.2, 0.25) is 0 Å². The first-order valence-electron chi connectivity index (χ1n) is 6.29. The Labute approximate surface area is 107 Å². The number of nitrogens with zero attached hydrogens (tertiary/aromatic N) is 2. The fraction of sp³-hybridized carbons (Fsp3) is 0.833. The van der Waals surface area contributed by atoms with Crippen molar-refractivity contribution in [2.45, 2.75) is 45.8 Å². The van der Waals surface area contributed by atoms with Crippen molar-refractivity contribution in [2.75, 3.05) is 13.2 Å². The maximum Gasteiger partial charge on any atom is 0.131 e. The van der Waals surface area contributed by atoms with Gasteiger partial charge < -0.3 is 10.1 Å². The lowest BCUT2D eigenvalue weighted by molar-refractivity contribution is 0.123. The van der Waals surface area contributed by atoms with Crippen molar-refractivity contribution in [3.8, 4) is 0 Å². The Morgan fingerprint density at radius 3 is 2.94 bits per heavy atom. The molecule has 0 aliphatic carbocycles. The molecule has 1 aliphatic heterocycles. The molecule has 1 saturated heterocycles. The maximum absolute atomic E-state index is 5.56. The quantitative estimate of drug-likeness (QED) is 0.876. The topological polar surface area (TPSA) is 47.0 Å². The third-order valence-electron chi connectivity index (χ3n) is 2.86.